The van der Waals surface area contributed by atoms with E-state index in [1.54, 1.807) is 0 Å². The van der Waals surface area contributed by atoms with Gasteiger partial charge in [-0.25, -0.2) is 5.43 Å². The zero-order chi connectivity index (χ0) is 10.7. The van der Waals surface area contributed by atoms with Crippen molar-refractivity contribution in [1.29, 1.82) is 0 Å². The average molecular weight is 223 g/mol. The number of rotatable bonds is 2. The van der Waals surface area contributed by atoms with Crippen LogP contribution < -0.4 is 16.6 Å². The van der Waals surface area contributed by atoms with Crippen LogP contribution in [-0.4, -0.2) is 51.6 Å². The van der Waals surface area contributed by atoms with Crippen LogP contribution in [0.1, 0.15) is 0 Å². The van der Waals surface area contributed by atoms with Crippen LogP contribution in [0.15, 0.2) is 0 Å². The van der Waals surface area contributed by atoms with Gasteiger partial charge >= 0.3 is 0 Å². The normalized spacial score (nSPS) is 37.9. The lowest BCUT2D eigenvalue weighted by atomic mass is 10.1. The first kappa shape index (κ1) is 11.6. The zero-order valence-electron chi connectivity index (χ0n) is 7.25. The lowest BCUT2D eigenvalue weighted by Gasteiger charge is -2.35. The zero-order valence-corrected chi connectivity index (χ0v) is 8.07. The van der Waals surface area contributed by atoms with Gasteiger partial charge in [0.25, 0.3) is 0 Å². The molecule has 0 unspecified atom stereocenters. The second kappa shape index (κ2) is 4.82. The van der Waals surface area contributed by atoms with Crippen molar-refractivity contribution in [2.75, 3.05) is 6.61 Å². The highest BCUT2D eigenvalue weighted by molar-refractivity contribution is 7.80. The Labute approximate surface area is 85.8 Å². The Morgan fingerprint density at radius 1 is 1.36 bits per heavy atom. The van der Waals surface area contributed by atoms with Crippen molar-refractivity contribution in [1.82, 2.24) is 10.9 Å². The first-order valence-corrected chi connectivity index (χ1v) is 4.40. The van der Waals surface area contributed by atoms with Crippen LogP contribution in [0.5, 0.6) is 0 Å². The summed E-state index contributed by atoms with van der Waals surface area (Å²) in [6.45, 7) is -0.0745. The molecule has 4 atom stereocenters. The SMILES string of the molecule is NC(=S)NN[C@@H]1OC[C@@H](O)[C@H](O)[C@@H]1O. The van der Waals surface area contributed by atoms with Gasteiger partial charge in [-0.05, 0) is 12.2 Å². The molecule has 82 valence electrons. The predicted molar refractivity (Wildman–Crippen MR) is 50.8 cm³/mol. The fourth-order valence-electron chi connectivity index (χ4n) is 1.08. The molecule has 0 aliphatic carbocycles. The van der Waals surface area contributed by atoms with Crippen LogP contribution in [0.3, 0.4) is 0 Å². The minimum absolute atomic E-state index is 0.0126. The molecule has 0 saturated carbocycles. The van der Waals surface area contributed by atoms with Crippen molar-refractivity contribution >= 4 is 17.3 Å². The molecule has 7 N–H and O–H groups in total. The molecule has 1 saturated heterocycles. The fourth-order valence-corrected chi connectivity index (χ4v) is 1.13. The van der Waals surface area contributed by atoms with E-state index < -0.39 is 24.5 Å². The maximum Gasteiger partial charge on any atom is 0.178 e. The third kappa shape index (κ3) is 2.74. The topological polar surface area (TPSA) is 120 Å². The van der Waals surface area contributed by atoms with Crippen LogP contribution in [0.2, 0.25) is 0 Å². The second-order valence-electron chi connectivity index (χ2n) is 2.94. The lowest BCUT2D eigenvalue weighted by molar-refractivity contribution is -0.196. The largest absolute Gasteiger partial charge is 0.388 e. The summed E-state index contributed by atoms with van der Waals surface area (Å²) in [4.78, 5) is 0. The van der Waals surface area contributed by atoms with Gasteiger partial charge in [-0.2, -0.15) is 0 Å². The molecular formula is C6H13N3O4S. The van der Waals surface area contributed by atoms with Gasteiger partial charge in [0.2, 0.25) is 0 Å². The molecule has 0 spiro atoms. The maximum absolute atomic E-state index is 9.40. The molecule has 1 heterocycles. The molecule has 1 fully saturated rings. The first-order valence-electron chi connectivity index (χ1n) is 3.99. The summed E-state index contributed by atoms with van der Waals surface area (Å²) >= 11 is 4.51. The van der Waals surface area contributed by atoms with Crippen LogP contribution in [-0.2, 0) is 4.74 Å². The van der Waals surface area contributed by atoms with Gasteiger partial charge in [-0.1, -0.05) is 0 Å². The highest BCUT2D eigenvalue weighted by Crippen LogP contribution is 2.12. The van der Waals surface area contributed by atoms with Crippen LogP contribution >= 0.6 is 12.2 Å². The predicted octanol–water partition coefficient (Wildman–Crippen LogP) is -3.24. The van der Waals surface area contributed by atoms with E-state index in [4.69, 9.17) is 15.6 Å². The van der Waals surface area contributed by atoms with E-state index in [9.17, 15) is 10.2 Å². The van der Waals surface area contributed by atoms with E-state index in [0.29, 0.717) is 0 Å². The summed E-state index contributed by atoms with van der Waals surface area (Å²) in [5.41, 5.74) is 9.95. The molecule has 0 aromatic rings. The molecule has 0 aromatic heterocycles. The van der Waals surface area contributed by atoms with Gasteiger partial charge in [-0.3, -0.25) is 5.43 Å². The van der Waals surface area contributed by atoms with E-state index in [1.165, 1.54) is 0 Å². The van der Waals surface area contributed by atoms with Gasteiger partial charge < -0.3 is 25.8 Å². The van der Waals surface area contributed by atoms with E-state index in [-0.39, 0.29) is 11.7 Å². The van der Waals surface area contributed by atoms with Crippen molar-refractivity contribution in [2.45, 2.75) is 24.5 Å². The average Bonchev–Trinajstić information content (AvgIpc) is 2.13. The number of nitrogens with one attached hydrogen (secondary N) is 2. The number of ether oxygens (including phenoxy) is 1. The number of nitrogens with two attached hydrogens (primary N) is 1. The first-order chi connectivity index (χ1) is 6.52. The van der Waals surface area contributed by atoms with Crippen molar-refractivity contribution in [3.05, 3.63) is 0 Å². The highest BCUT2D eigenvalue weighted by atomic mass is 32.1. The van der Waals surface area contributed by atoms with Crippen molar-refractivity contribution < 1.29 is 20.1 Å². The summed E-state index contributed by atoms with van der Waals surface area (Å²) in [5, 5.41) is 27.8. The maximum atomic E-state index is 9.40. The van der Waals surface area contributed by atoms with Gasteiger partial charge in [0.15, 0.2) is 11.3 Å². The summed E-state index contributed by atoms with van der Waals surface area (Å²) in [7, 11) is 0. The molecule has 7 nitrogen and oxygen atoms in total. The number of hydrogen-bond donors (Lipinski definition) is 6. The highest BCUT2D eigenvalue weighted by Gasteiger charge is 2.37. The summed E-state index contributed by atoms with van der Waals surface area (Å²) in [6, 6.07) is 0. The molecule has 8 heteroatoms. The molecule has 0 aromatic carbocycles. The summed E-state index contributed by atoms with van der Waals surface area (Å²) in [5.74, 6) is 0. The summed E-state index contributed by atoms with van der Waals surface area (Å²) in [6.07, 6.45) is -4.46. The van der Waals surface area contributed by atoms with E-state index in [2.05, 4.69) is 23.1 Å². The lowest BCUT2D eigenvalue weighted by Crippen LogP contribution is -2.61. The number of thiocarbonyl (C=S) groups is 1. The molecule has 14 heavy (non-hydrogen) atoms. The Bertz CT molecular complexity index is 217. The minimum atomic E-state index is -1.26. The van der Waals surface area contributed by atoms with Crippen LogP contribution in [0.25, 0.3) is 0 Å². The molecule has 0 radical (unpaired) electrons. The Balaban J connectivity index is 2.42. The number of hydrogen-bond acceptors (Lipinski definition) is 6. The Hall–Kier alpha value is -0.510. The standard InChI is InChI=1S/C6H13N3O4S/c7-6(14)9-8-5-4(12)3(11)2(10)1-13-5/h2-5,8,10-12H,1H2,(H3,7,9,14)/t2-,3+,4+,5-/m1/s1. The molecule has 1 aliphatic rings. The van der Waals surface area contributed by atoms with Gasteiger partial charge in [0.1, 0.15) is 18.3 Å². The number of aliphatic hydroxyl groups is 3. The monoisotopic (exact) mass is 223 g/mol. The van der Waals surface area contributed by atoms with Crippen LogP contribution in [0.4, 0.5) is 0 Å². The smallest absolute Gasteiger partial charge is 0.178 e. The number of aliphatic hydroxyl groups excluding tert-OH is 3. The van der Waals surface area contributed by atoms with Crippen LogP contribution in [0, 0.1) is 0 Å². The minimum Gasteiger partial charge on any atom is -0.388 e. The third-order valence-corrected chi connectivity index (χ3v) is 1.94. The Kier molecular flexibility index (Phi) is 3.98. The Morgan fingerprint density at radius 2 is 2.00 bits per heavy atom. The molecule has 0 bridgehead atoms. The van der Waals surface area contributed by atoms with Crippen molar-refractivity contribution in [2.24, 2.45) is 5.73 Å². The van der Waals surface area contributed by atoms with Crippen molar-refractivity contribution in [3.63, 3.8) is 0 Å². The fraction of sp³-hybridized carbons (Fsp3) is 0.833. The van der Waals surface area contributed by atoms with E-state index >= 15 is 0 Å². The second-order valence-corrected chi connectivity index (χ2v) is 3.38. The van der Waals surface area contributed by atoms with Gasteiger partial charge in [0.05, 0.1) is 6.61 Å². The van der Waals surface area contributed by atoms with Gasteiger partial charge in [0, 0.05) is 0 Å². The molecule has 1 aliphatic heterocycles. The van der Waals surface area contributed by atoms with Crippen molar-refractivity contribution in [3.8, 4) is 0 Å². The quantitative estimate of drug-likeness (QED) is 0.213. The molecule has 1 rings (SSSR count). The number of hydrazine groups is 1. The molecule has 0 amide bonds. The Morgan fingerprint density at radius 3 is 2.57 bits per heavy atom. The third-order valence-electron chi connectivity index (χ3n) is 1.84. The van der Waals surface area contributed by atoms with E-state index in [1.807, 2.05) is 0 Å². The van der Waals surface area contributed by atoms with E-state index in [0.717, 1.165) is 0 Å². The molecular weight excluding hydrogens is 210 g/mol. The summed E-state index contributed by atoms with van der Waals surface area (Å²) < 4.78 is 4.97. The van der Waals surface area contributed by atoms with Gasteiger partial charge in [-0.15, -0.1) is 0 Å².